The molecule has 1 aliphatic carbocycles. The quantitative estimate of drug-likeness (QED) is 0.214. The van der Waals surface area contributed by atoms with Gasteiger partial charge in [-0.05, 0) is 41.5 Å². The third-order valence-corrected chi connectivity index (χ3v) is 10.8. The molecule has 0 saturated heterocycles. The summed E-state index contributed by atoms with van der Waals surface area (Å²) in [7, 11) is 0. The number of benzene rings is 5. The molecule has 9 rings (SSSR count). The average Bonchev–Trinajstić information content (AvgIpc) is 3.73. The lowest BCUT2D eigenvalue weighted by molar-refractivity contribution is 0.745. The predicted octanol–water partition coefficient (Wildman–Crippen LogP) is 10.7. The first-order chi connectivity index (χ1) is 20.3. The van der Waals surface area contributed by atoms with Crippen molar-refractivity contribution in [3.63, 3.8) is 0 Å². The molecule has 5 aromatic carbocycles. The zero-order valence-electron chi connectivity index (χ0n) is 22.1. The van der Waals surface area contributed by atoms with Gasteiger partial charge in [-0.3, -0.25) is 0 Å². The molecule has 1 aliphatic heterocycles. The van der Waals surface area contributed by atoms with Crippen molar-refractivity contribution in [1.82, 2.24) is 4.98 Å². The van der Waals surface area contributed by atoms with Gasteiger partial charge in [0.15, 0.2) is 0 Å². The van der Waals surface area contributed by atoms with Crippen molar-refractivity contribution in [1.29, 1.82) is 0 Å². The Labute approximate surface area is 246 Å². The van der Waals surface area contributed by atoms with Gasteiger partial charge in [-0.15, -0.1) is 22.7 Å². The van der Waals surface area contributed by atoms with Crippen molar-refractivity contribution in [3.05, 3.63) is 139 Å². The number of para-hydroxylation sites is 1. The first-order valence-corrected chi connectivity index (χ1v) is 15.6. The Bertz CT molecular complexity index is 2170. The highest BCUT2D eigenvalue weighted by atomic mass is 32.1. The Morgan fingerprint density at radius 2 is 1.44 bits per heavy atom. The largest absolute Gasteiger partial charge is 0.333 e. The lowest BCUT2D eigenvalue weighted by Gasteiger charge is -2.28. The minimum absolute atomic E-state index is 0.255. The minimum Gasteiger partial charge on any atom is -0.333 e. The van der Waals surface area contributed by atoms with E-state index >= 15 is 0 Å². The van der Waals surface area contributed by atoms with Gasteiger partial charge in [0.05, 0.1) is 16.3 Å². The van der Waals surface area contributed by atoms with Gasteiger partial charge in [-0.2, -0.15) is 0 Å². The van der Waals surface area contributed by atoms with Crippen LogP contribution in [0.1, 0.15) is 11.5 Å². The number of fused-ring (bicyclic) bond motifs is 8. The third-order valence-electron chi connectivity index (χ3n) is 8.43. The molecule has 3 heterocycles. The monoisotopic (exact) mass is 560 g/mol. The normalized spacial score (nSPS) is 17.5. The van der Waals surface area contributed by atoms with Crippen LogP contribution in [0.4, 0.5) is 11.4 Å². The van der Waals surface area contributed by atoms with E-state index in [0.29, 0.717) is 0 Å². The van der Waals surface area contributed by atoms with E-state index in [1.807, 2.05) is 22.7 Å². The number of hydrogen-bond donors (Lipinski definition) is 0. The maximum atomic E-state index is 5.38. The second-order valence-corrected chi connectivity index (χ2v) is 12.7. The molecular formula is C37H24N2S2. The lowest BCUT2D eigenvalue weighted by Crippen LogP contribution is -2.28. The van der Waals surface area contributed by atoms with Crippen LogP contribution >= 0.6 is 22.7 Å². The van der Waals surface area contributed by atoms with E-state index in [-0.39, 0.29) is 12.0 Å². The van der Waals surface area contributed by atoms with E-state index in [1.165, 1.54) is 58.5 Å². The van der Waals surface area contributed by atoms with Gasteiger partial charge in [-0.25, -0.2) is 4.98 Å². The van der Waals surface area contributed by atoms with E-state index < -0.39 is 0 Å². The first kappa shape index (κ1) is 23.2. The maximum absolute atomic E-state index is 5.38. The highest BCUT2D eigenvalue weighted by Crippen LogP contribution is 2.53. The summed E-state index contributed by atoms with van der Waals surface area (Å²) in [5, 5.41) is 3.75. The SMILES string of the molecule is C1=CC2c3c(-c4nc5cc(-c6ccccc6)c6sc7ccccc7c6c5s4)cccc3N(c3ccccc3)C2C=C1. The number of nitrogens with zero attached hydrogens (tertiary/aromatic N) is 2. The molecule has 0 spiro atoms. The van der Waals surface area contributed by atoms with E-state index in [9.17, 15) is 0 Å². The second-order valence-electron chi connectivity index (χ2n) is 10.7. The smallest absolute Gasteiger partial charge is 0.125 e. The van der Waals surface area contributed by atoms with Crippen LogP contribution in [0.3, 0.4) is 0 Å². The summed E-state index contributed by atoms with van der Waals surface area (Å²) in [4.78, 5) is 7.88. The summed E-state index contributed by atoms with van der Waals surface area (Å²) < 4.78 is 3.94. The Morgan fingerprint density at radius 1 is 0.659 bits per heavy atom. The minimum atomic E-state index is 0.255. The van der Waals surface area contributed by atoms with E-state index in [2.05, 4.69) is 138 Å². The van der Waals surface area contributed by atoms with Crippen LogP contribution in [0.25, 0.3) is 52.1 Å². The molecule has 2 unspecified atom stereocenters. The fourth-order valence-electron chi connectivity index (χ4n) is 6.69. The first-order valence-electron chi connectivity index (χ1n) is 14.0. The Balaban J connectivity index is 1.31. The van der Waals surface area contributed by atoms with Gasteiger partial charge in [0, 0.05) is 48.6 Å². The van der Waals surface area contributed by atoms with Crippen LogP contribution < -0.4 is 4.90 Å². The van der Waals surface area contributed by atoms with Gasteiger partial charge in [-0.1, -0.05) is 103 Å². The number of allylic oxidation sites excluding steroid dienone is 2. The van der Waals surface area contributed by atoms with Crippen LogP contribution in [0.5, 0.6) is 0 Å². The molecule has 0 saturated carbocycles. The topological polar surface area (TPSA) is 16.1 Å². The molecule has 0 amide bonds. The molecule has 4 heteroatoms. The fourth-order valence-corrected chi connectivity index (χ4v) is 9.15. The predicted molar refractivity (Wildman–Crippen MR) is 177 cm³/mol. The second kappa shape index (κ2) is 9.00. The summed E-state index contributed by atoms with van der Waals surface area (Å²) in [6, 6.07) is 39.7. The van der Waals surface area contributed by atoms with E-state index in [4.69, 9.17) is 4.98 Å². The van der Waals surface area contributed by atoms with Crippen LogP contribution in [0.2, 0.25) is 0 Å². The fraction of sp³-hybridized carbons (Fsp3) is 0.0541. The Hall–Kier alpha value is -4.51. The summed E-state index contributed by atoms with van der Waals surface area (Å²) in [6.45, 7) is 0. The van der Waals surface area contributed by atoms with Gasteiger partial charge < -0.3 is 4.90 Å². The number of anilines is 2. The molecule has 2 aromatic heterocycles. The Kier molecular flexibility index (Phi) is 5.10. The van der Waals surface area contributed by atoms with Crippen molar-refractivity contribution in [2.45, 2.75) is 12.0 Å². The zero-order valence-corrected chi connectivity index (χ0v) is 23.7. The van der Waals surface area contributed by atoms with Crippen molar-refractivity contribution < 1.29 is 0 Å². The molecule has 0 bridgehead atoms. The van der Waals surface area contributed by atoms with Crippen LogP contribution in [0.15, 0.2) is 133 Å². The molecule has 2 atom stereocenters. The van der Waals surface area contributed by atoms with Crippen molar-refractivity contribution in [2.75, 3.05) is 4.90 Å². The number of hydrogen-bond acceptors (Lipinski definition) is 4. The average molecular weight is 561 g/mol. The van der Waals surface area contributed by atoms with Crippen LogP contribution in [-0.2, 0) is 0 Å². The summed E-state index contributed by atoms with van der Waals surface area (Å²) in [5.41, 5.74) is 8.69. The van der Waals surface area contributed by atoms with Crippen LogP contribution in [0, 0.1) is 0 Å². The molecule has 41 heavy (non-hydrogen) atoms. The van der Waals surface area contributed by atoms with E-state index in [0.717, 1.165) is 10.5 Å². The third kappa shape index (κ3) is 3.45. The van der Waals surface area contributed by atoms with Gasteiger partial charge in [0.2, 0.25) is 0 Å². The molecular weight excluding hydrogens is 537 g/mol. The molecule has 2 nitrogen and oxygen atoms in total. The standard InChI is InChI=1S/C37H24N2S2/c1-3-12-23(13-4-1)28-22-29-36(34-26-17-8-10-21-32(26)40-35(28)34)41-37(38-29)27-18-11-20-31-33(27)25-16-7-9-19-30(25)39(31)24-14-5-2-6-15-24/h1-22,25,30H. The molecule has 0 N–H and O–H groups in total. The maximum Gasteiger partial charge on any atom is 0.125 e. The van der Waals surface area contributed by atoms with Crippen molar-refractivity contribution in [2.24, 2.45) is 0 Å². The lowest BCUT2D eigenvalue weighted by atomic mass is 9.88. The van der Waals surface area contributed by atoms with Gasteiger partial charge >= 0.3 is 0 Å². The molecule has 2 aliphatic rings. The van der Waals surface area contributed by atoms with E-state index in [1.54, 1.807) is 0 Å². The Morgan fingerprint density at radius 3 is 2.32 bits per heavy atom. The summed E-state index contributed by atoms with van der Waals surface area (Å²) in [6.07, 6.45) is 9.08. The zero-order chi connectivity index (χ0) is 26.9. The number of aromatic nitrogens is 1. The van der Waals surface area contributed by atoms with Gasteiger partial charge in [0.1, 0.15) is 5.01 Å². The van der Waals surface area contributed by atoms with Crippen molar-refractivity contribution in [3.8, 4) is 21.7 Å². The molecule has 7 aromatic rings. The molecule has 0 fully saturated rings. The summed E-state index contributed by atoms with van der Waals surface area (Å²) in [5.74, 6) is 0.278. The number of rotatable bonds is 3. The van der Waals surface area contributed by atoms with Crippen molar-refractivity contribution >= 4 is 64.4 Å². The summed E-state index contributed by atoms with van der Waals surface area (Å²) >= 11 is 3.73. The number of thiazole rings is 1. The number of thiophene rings is 1. The van der Waals surface area contributed by atoms with Gasteiger partial charge in [0.25, 0.3) is 0 Å². The highest BCUT2D eigenvalue weighted by molar-refractivity contribution is 7.28. The van der Waals surface area contributed by atoms with Crippen LogP contribution in [-0.4, -0.2) is 11.0 Å². The highest BCUT2D eigenvalue weighted by Gasteiger charge is 2.39. The molecule has 0 radical (unpaired) electrons. The molecule has 194 valence electrons.